The van der Waals surface area contributed by atoms with Crippen molar-refractivity contribution in [2.24, 2.45) is 5.92 Å². The number of rotatable bonds is 7. The zero-order valence-electron chi connectivity index (χ0n) is 13.4. The van der Waals surface area contributed by atoms with Gasteiger partial charge in [0.1, 0.15) is 6.54 Å². The molecule has 0 aromatic carbocycles. The third kappa shape index (κ3) is 3.81. The van der Waals surface area contributed by atoms with Gasteiger partial charge < -0.3 is 4.74 Å². The van der Waals surface area contributed by atoms with Gasteiger partial charge in [0.2, 0.25) is 0 Å². The molecule has 1 aliphatic rings. The zero-order valence-corrected chi connectivity index (χ0v) is 14.2. The van der Waals surface area contributed by atoms with E-state index in [0.29, 0.717) is 0 Å². The van der Waals surface area contributed by atoms with Crippen LogP contribution < -0.4 is 5.56 Å². The van der Waals surface area contributed by atoms with Crippen LogP contribution >= 0.6 is 0 Å². The maximum Gasteiger partial charge on any atom is 0.352 e. The molecular formula is C14H18N2O7S. The van der Waals surface area contributed by atoms with Crippen molar-refractivity contribution < 1.29 is 22.9 Å². The summed E-state index contributed by atoms with van der Waals surface area (Å²) in [5, 5.41) is 11.3. The lowest BCUT2D eigenvalue weighted by molar-refractivity contribution is -0.389. The molecule has 0 saturated heterocycles. The first-order valence-electron chi connectivity index (χ1n) is 7.44. The maximum atomic E-state index is 12.4. The van der Waals surface area contributed by atoms with Crippen molar-refractivity contribution in [2.45, 2.75) is 38.1 Å². The van der Waals surface area contributed by atoms with Crippen molar-refractivity contribution in [1.29, 1.82) is 0 Å². The van der Waals surface area contributed by atoms with Crippen LogP contribution in [-0.4, -0.2) is 36.2 Å². The largest absolute Gasteiger partial charge is 0.465 e. The zero-order chi connectivity index (χ0) is 18.1. The monoisotopic (exact) mass is 358 g/mol. The van der Waals surface area contributed by atoms with Crippen molar-refractivity contribution in [3.63, 3.8) is 0 Å². The van der Waals surface area contributed by atoms with Crippen LogP contribution in [0.5, 0.6) is 0 Å². The number of nitrogens with zero attached hydrogens (tertiary/aromatic N) is 2. The normalized spacial score (nSPS) is 14.4. The number of ether oxygens (including phenoxy) is 1. The third-order valence-electron chi connectivity index (χ3n) is 3.71. The molecule has 0 atom stereocenters. The Bertz CT molecular complexity index is 837. The van der Waals surface area contributed by atoms with E-state index in [2.05, 4.69) is 0 Å². The van der Waals surface area contributed by atoms with E-state index in [1.54, 1.807) is 6.92 Å². The first-order valence-corrected chi connectivity index (χ1v) is 9.09. The van der Waals surface area contributed by atoms with Crippen LogP contribution in [0, 0.1) is 23.0 Å². The Morgan fingerprint density at radius 3 is 2.58 bits per heavy atom. The van der Waals surface area contributed by atoms with Crippen LogP contribution in [0.3, 0.4) is 0 Å². The van der Waals surface area contributed by atoms with Crippen molar-refractivity contribution in [1.82, 2.24) is 4.57 Å². The van der Waals surface area contributed by atoms with Gasteiger partial charge in [0.25, 0.3) is 0 Å². The smallest absolute Gasteiger partial charge is 0.352 e. The number of carbonyl (C=O) groups excluding carboxylic acids is 1. The highest BCUT2D eigenvalue weighted by atomic mass is 32.2. The minimum Gasteiger partial charge on any atom is -0.465 e. The second-order valence-corrected chi connectivity index (χ2v) is 7.68. The van der Waals surface area contributed by atoms with Gasteiger partial charge in [-0.05, 0) is 38.7 Å². The summed E-state index contributed by atoms with van der Waals surface area (Å²) in [4.78, 5) is 33.6. The molecule has 0 bridgehead atoms. The fourth-order valence-corrected chi connectivity index (χ4v) is 4.29. The van der Waals surface area contributed by atoms with E-state index in [9.17, 15) is 28.1 Å². The molecule has 0 spiro atoms. The number of hydrogen-bond donors (Lipinski definition) is 0. The summed E-state index contributed by atoms with van der Waals surface area (Å²) in [5.41, 5.74) is -2.00. The Morgan fingerprint density at radius 2 is 2.08 bits per heavy atom. The van der Waals surface area contributed by atoms with Crippen molar-refractivity contribution in [3.8, 4) is 0 Å². The van der Waals surface area contributed by atoms with Crippen LogP contribution in [0.4, 0.5) is 5.69 Å². The Morgan fingerprint density at radius 1 is 1.46 bits per heavy atom. The molecule has 0 amide bonds. The van der Waals surface area contributed by atoms with Crippen molar-refractivity contribution in [2.75, 3.05) is 12.4 Å². The van der Waals surface area contributed by atoms with Gasteiger partial charge in [-0.25, -0.2) is 8.42 Å². The Balaban J connectivity index is 2.56. The van der Waals surface area contributed by atoms with Crippen molar-refractivity contribution in [3.05, 3.63) is 32.2 Å². The number of esters is 1. The molecule has 0 unspecified atom stereocenters. The molecule has 0 radical (unpaired) electrons. The van der Waals surface area contributed by atoms with E-state index in [-0.39, 0.29) is 24.0 Å². The summed E-state index contributed by atoms with van der Waals surface area (Å²) in [6.45, 7) is 2.59. The topological polar surface area (TPSA) is 126 Å². The quantitative estimate of drug-likeness (QED) is 0.401. The molecule has 1 saturated carbocycles. The van der Waals surface area contributed by atoms with Crippen LogP contribution in [0.2, 0.25) is 0 Å². The molecular weight excluding hydrogens is 340 g/mol. The highest BCUT2D eigenvalue weighted by Crippen LogP contribution is 2.34. The molecule has 1 heterocycles. The minimum atomic E-state index is -3.94. The molecule has 1 fully saturated rings. The lowest BCUT2D eigenvalue weighted by atomic mass is 10.3. The Kier molecular flexibility index (Phi) is 5.07. The second-order valence-electron chi connectivity index (χ2n) is 5.68. The number of aromatic nitrogens is 1. The predicted molar refractivity (Wildman–Crippen MR) is 83.5 cm³/mol. The molecule has 10 heteroatoms. The SMILES string of the molecule is CCOC(=O)Cn1c(C)cc(S(=O)(=O)CC2CC2)c([N+](=O)[O-])c1=O. The van der Waals surface area contributed by atoms with Gasteiger partial charge in [-0.2, -0.15) is 0 Å². The van der Waals surface area contributed by atoms with E-state index in [1.165, 1.54) is 6.92 Å². The van der Waals surface area contributed by atoms with Crippen LogP contribution in [0.1, 0.15) is 25.5 Å². The standard InChI is InChI=1S/C14H18N2O7S/c1-3-23-12(17)7-15-9(2)6-11(13(14(15)18)16(19)20)24(21,22)8-10-4-5-10/h6,10H,3-5,7-8H2,1-2H3. The first-order chi connectivity index (χ1) is 11.2. The van der Waals surface area contributed by atoms with E-state index < -0.39 is 43.4 Å². The van der Waals surface area contributed by atoms with Gasteiger partial charge in [-0.15, -0.1) is 0 Å². The number of nitro groups is 1. The summed E-state index contributed by atoms with van der Waals surface area (Å²) in [7, 11) is -3.94. The lowest BCUT2D eigenvalue weighted by Gasteiger charge is -2.12. The summed E-state index contributed by atoms with van der Waals surface area (Å²) < 4.78 is 30.4. The number of hydrogen-bond acceptors (Lipinski definition) is 7. The highest BCUT2D eigenvalue weighted by Gasteiger charge is 2.36. The van der Waals surface area contributed by atoms with Gasteiger partial charge in [0.15, 0.2) is 14.7 Å². The highest BCUT2D eigenvalue weighted by molar-refractivity contribution is 7.91. The molecule has 9 nitrogen and oxygen atoms in total. The third-order valence-corrected chi connectivity index (χ3v) is 5.60. The molecule has 1 aromatic rings. The Hall–Kier alpha value is -2.23. The molecule has 1 aliphatic carbocycles. The summed E-state index contributed by atoms with van der Waals surface area (Å²) in [5.74, 6) is -0.961. The molecule has 0 N–H and O–H groups in total. The maximum absolute atomic E-state index is 12.4. The van der Waals surface area contributed by atoms with Gasteiger partial charge in [0, 0.05) is 5.69 Å². The van der Waals surface area contributed by atoms with Crippen LogP contribution in [0.25, 0.3) is 0 Å². The predicted octanol–water partition coefficient (Wildman–Crippen LogP) is 0.812. The van der Waals surface area contributed by atoms with Gasteiger partial charge in [-0.3, -0.25) is 24.3 Å². The summed E-state index contributed by atoms with van der Waals surface area (Å²) in [6.07, 6.45) is 1.51. The second kappa shape index (κ2) is 6.71. The van der Waals surface area contributed by atoms with Crippen LogP contribution in [0.15, 0.2) is 15.8 Å². The van der Waals surface area contributed by atoms with E-state index >= 15 is 0 Å². The lowest BCUT2D eigenvalue weighted by Crippen LogP contribution is -2.30. The number of carbonyl (C=O) groups is 1. The van der Waals surface area contributed by atoms with Crippen LogP contribution in [-0.2, 0) is 25.9 Å². The molecule has 132 valence electrons. The number of aryl methyl sites for hydroxylation is 1. The molecule has 2 rings (SSSR count). The average Bonchev–Trinajstić information content (AvgIpc) is 3.25. The fourth-order valence-electron chi connectivity index (χ4n) is 2.35. The first kappa shape index (κ1) is 18.1. The van der Waals surface area contributed by atoms with Gasteiger partial charge in [-0.1, -0.05) is 0 Å². The average molecular weight is 358 g/mol. The fraction of sp³-hybridized carbons (Fsp3) is 0.571. The van der Waals surface area contributed by atoms with E-state index in [1.807, 2.05) is 0 Å². The number of pyridine rings is 1. The minimum absolute atomic E-state index is 0.0168. The summed E-state index contributed by atoms with van der Waals surface area (Å²) >= 11 is 0. The molecule has 0 aliphatic heterocycles. The van der Waals surface area contributed by atoms with Crippen molar-refractivity contribution >= 4 is 21.5 Å². The van der Waals surface area contributed by atoms with E-state index in [0.717, 1.165) is 23.5 Å². The molecule has 24 heavy (non-hydrogen) atoms. The Labute approximate surface area is 138 Å². The van der Waals surface area contributed by atoms with Gasteiger partial charge in [0.05, 0.1) is 17.3 Å². The summed E-state index contributed by atoms with van der Waals surface area (Å²) in [6, 6.07) is 1.08. The van der Waals surface area contributed by atoms with E-state index in [4.69, 9.17) is 4.74 Å². The molecule has 1 aromatic heterocycles. The van der Waals surface area contributed by atoms with Gasteiger partial charge >= 0.3 is 17.2 Å². The number of sulfone groups is 1.